The van der Waals surface area contributed by atoms with Crippen molar-refractivity contribution in [2.45, 2.75) is 19.3 Å². The molecule has 1 saturated heterocycles. The Morgan fingerprint density at radius 2 is 2.10 bits per heavy atom. The maximum absolute atomic E-state index is 15.1. The van der Waals surface area contributed by atoms with Crippen LogP contribution in [0.4, 0.5) is 10.1 Å². The number of hydrogen-bond acceptors (Lipinski definition) is 6. The van der Waals surface area contributed by atoms with Gasteiger partial charge in [0.25, 0.3) is 11.8 Å². The van der Waals surface area contributed by atoms with Gasteiger partial charge in [-0.05, 0) is 35.9 Å². The Morgan fingerprint density at radius 3 is 2.77 bits per heavy atom. The van der Waals surface area contributed by atoms with Gasteiger partial charge in [-0.25, -0.2) is 13.4 Å². The Bertz CT molecular complexity index is 1130. The minimum atomic E-state index is -4.30. The lowest BCUT2D eigenvalue weighted by Gasteiger charge is -2.18. The van der Waals surface area contributed by atoms with Gasteiger partial charge < -0.3 is 15.2 Å². The zero-order valence-electron chi connectivity index (χ0n) is 15.9. The van der Waals surface area contributed by atoms with Crippen LogP contribution < -0.4 is 19.1 Å². The molecule has 0 atom stereocenters. The fourth-order valence-electron chi connectivity index (χ4n) is 3.30. The molecule has 1 aliphatic carbocycles. The van der Waals surface area contributed by atoms with Gasteiger partial charge in [-0.15, -0.1) is 0 Å². The number of rotatable bonds is 7. The van der Waals surface area contributed by atoms with Crippen molar-refractivity contribution in [3.8, 4) is 11.5 Å². The number of nitrogens with zero attached hydrogens (tertiary/aromatic N) is 1. The third-order valence-electron chi connectivity index (χ3n) is 5.02. The van der Waals surface area contributed by atoms with Gasteiger partial charge in [0.15, 0.2) is 12.4 Å². The van der Waals surface area contributed by atoms with Crippen molar-refractivity contribution in [1.29, 1.82) is 0 Å². The van der Waals surface area contributed by atoms with Gasteiger partial charge in [0.1, 0.15) is 23.7 Å². The SMILES string of the molecule is O=C(COc1ccc2cc(O)c(N3CC(=O)NS3(=O)=O)c(F)c2c1)NCCC1CC1. The van der Waals surface area contributed by atoms with Gasteiger partial charge in [0.05, 0.1) is 0 Å². The standard InChI is InChI=1S/C19H20FN3O6S/c20-18-14-8-13(29-10-17(26)21-6-5-11-1-2-11)4-3-12(14)7-15(24)19(18)23-9-16(25)22-30(23,27)28/h3-4,7-8,11,24H,1-2,5-6,9-10H2,(H,21,26)(H,22,25). The van der Waals surface area contributed by atoms with E-state index in [-0.39, 0.29) is 23.6 Å². The number of carbonyl (C=O) groups is 2. The number of ether oxygens (including phenoxy) is 1. The number of phenolic OH excluding ortho intramolecular Hbond substituents is 1. The third-order valence-corrected chi connectivity index (χ3v) is 6.39. The van der Waals surface area contributed by atoms with Crippen LogP contribution in [0.3, 0.4) is 0 Å². The highest BCUT2D eigenvalue weighted by Gasteiger charge is 2.37. The predicted octanol–water partition coefficient (Wildman–Crippen LogP) is 1.16. The van der Waals surface area contributed by atoms with Crippen molar-refractivity contribution in [1.82, 2.24) is 10.0 Å². The van der Waals surface area contributed by atoms with Crippen molar-refractivity contribution in [2.75, 3.05) is 24.0 Å². The van der Waals surface area contributed by atoms with E-state index in [1.54, 1.807) is 4.72 Å². The average molecular weight is 437 g/mol. The van der Waals surface area contributed by atoms with Crippen LogP contribution in [-0.2, 0) is 19.8 Å². The lowest BCUT2D eigenvalue weighted by molar-refractivity contribution is -0.123. The monoisotopic (exact) mass is 437 g/mol. The fourth-order valence-corrected chi connectivity index (χ4v) is 4.47. The molecule has 2 aromatic rings. The second kappa shape index (κ2) is 7.63. The molecule has 30 heavy (non-hydrogen) atoms. The van der Waals surface area contributed by atoms with E-state index < -0.39 is 39.9 Å². The van der Waals surface area contributed by atoms with E-state index >= 15 is 4.39 Å². The lowest BCUT2D eigenvalue weighted by atomic mass is 10.1. The number of fused-ring (bicyclic) bond motifs is 1. The quantitative estimate of drug-likeness (QED) is 0.597. The minimum absolute atomic E-state index is 0.0241. The zero-order valence-corrected chi connectivity index (χ0v) is 16.7. The molecule has 0 unspecified atom stereocenters. The molecule has 0 aromatic heterocycles. The van der Waals surface area contributed by atoms with Crippen molar-refractivity contribution < 1.29 is 32.2 Å². The molecule has 2 fully saturated rings. The summed E-state index contributed by atoms with van der Waals surface area (Å²) in [6.07, 6.45) is 3.35. The lowest BCUT2D eigenvalue weighted by Crippen LogP contribution is -2.30. The van der Waals surface area contributed by atoms with Crippen molar-refractivity contribution in [3.63, 3.8) is 0 Å². The molecule has 0 spiro atoms. The molecule has 11 heteroatoms. The largest absolute Gasteiger partial charge is 0.506 e. The third kappa shape index (κ3) is 4.11. The topological polar surface area (TPSA) is 125 Å². The molecule has 0 bridgehead atoms. The van der Waals surface area contributed by atoms with Crippen molar-refractivity contribution in [2.24, 2.45) is 5.92 Å². The molecular formula is C19H20FN3O6S. The van der Waals surface area contributed by atoms with E-state index in [1.165, 1.54) is 37.1 Å². The Labute approximate surface area is 172 Å². The van der Waals surface area contributed by atoms with Crippen LogP contribution in [0, 0.1) is 11.7 Å². The van der Waals surface area contributed by atoms with E-state index in [2.05, 4.69) is 5.32 Å². The van der Waals surface area contributed by atoms with Gasteiger partial charge in [-0.1, -0.05) is 18.9 Å². The number of aromatic hydroxyl groups is 1. The Hall–Kier alpha value is -3.08. The summed E-state index contributed by atoms with van der Waals surface area (Å²) in [6.45, 7) is -0.309. The van der Waals surface area contributed by atoms with E-state index in [0.717, 1.165) is 6.42 Å². The van der Waals surface area contributed by atoms with Crippen LogP contribution in [0.2, 0.25) is 0 Å². The summed E-state index contributed by atoms with van der Waals surface area (Å²) in [5, 5.41) is 13.2. The van der Waals surface area contributed by atoms with Gasteiger partial charge in [0, 0.05) is 11.9 Å². The smallest absolute Gasteiger partial charge is 0.326 e. The van der Waals surface area contributed by atoms with Crippen LogP contribution in [0.15, 0.2) is 24.3 Å². The average Bonchev–Trinajstić information content (AvgIpc) is 3.45. The summed E-state index contributed by atoms with van der Waals surface area (Å²) in [7, 11) is -4.30. The first-order valence-corrected chi connectivity index (χ1v) is 10.9. The first kappa shape index (κ1) is 20.2. The molecule has 1 aliphatic heterocycles. The minimum Gasteiger partial charge on any atom is -0.506 e. The number of anilines is 1. The van der Waals surface area contributed by atoms with E-state index in [0.29, 0.717) is 22.2 Å². The first-order chi connectivity index (χ1) is 14.2. The zero-order chi connectivity index (χ0) is 21.5. The normalized spacial score (nSPS) is 17.8. The molecule has 9 nitrogen and oxygen atoms in total. The Kier molecular flexibility index (Phi) is 5.14. The maximum atomic E-state index is 15.1. The number of hydrogen-bond donors (Lipinski definition) is 3. The van der Waals surface area contributed by atoms with Gasteiger partial charge in [0.2, 0.25) is 0 Å². The van der Waals surface area contributed by atoms with E-state index in [9.17, 15) is 23.1 Å². The molecular weight excluding hydrogens is 417 g/mol. The molecule has 2 aliphatic rings. The first-order valence-electron chi connectivity index (χ1n) is 9.42. The van der Waals surface area contributed by atoms with Gasteiger partial charge in [-0.3, -0.25) is 9.59 Å². The molecule has 1 saturated carbocycles. The van der Waals surface area contributed by atoms with Crippen LogP contribution >= 0.6 is 0 Å². The van der Waals surface area contributed by atoms with Crippen LogP contribution in [0.1, 0.15) is 19.3 Å². The van der Waals surface area contributed by atoms with Crippen molar-refractivity contribution in [3.05, 3.63) is 30.1 Å². The van der Waals surface area contributed by atoms with E-state index in [1.807, 2.05) is 0 Å². The van der Waals surface area contributed by atoms with Crippen LogP contribution in [-0.4, -0.2) is 45.0 Å². The second-order valence-corrected chi connectivity index (χ2v) is 8.94. The summed E-state index contributed by atoms with van der Waals surface area (Å²) in [6, 6.07) is 5.49. The highest BCUT2D eigenvalue weighted by atomic mass is 32.2. The highest BCUT2D eigenvalue weighted by Crippen LogP contribution is 2.39. The maximum Gasteiger partial charge on any atom is 0.326 e. The van der Waals surface area contributed by atoms with Crippen LogP contribution in [0.25, 0.3) is 10.8 Å². The molecule has 2 aromatic carbocycles. The van der Waals surface area contributed by atoms with Gasteiger partial charge in [-0.2, -0.15) is 8.42 Å². The van der Waals surface area contributed by atoms with Gasteiger partial charge >= 0.3 is 10.2 Å². The summed E-state index contributed by atoms with van der Waals surface area (Å²) in [5.74, 6) is -1.87. The highest BCUT2D eigenvalue weighted by molar-refractivity contribution is 7.92. The molecule has 4 rings (SSSR count). The summed E-state index contributed by atoms with van der Waals surface area (Å²) >= 11 is 0. The number of carbonyl (C=O) groups excluding carboxylic acids is 2. The second-order valence-electron chi connectivity index (χ2n) is 7.35. The molecule has 160 valence electrons. The molecule has 2 amide bonds. The number of halogens is 1. The Balaban J connectivity index is 1.54. The molecule has 1 heterocycles. The Morgan fingerprint density at radius 1 is 1.33 bits per heavy atom. The summed E-state index contributed by atoms with van der Waals surface area (Å²) in [5.41, 5.74) is -0.629. The van der Waals surface area contributed by atoms with E-state index in [4.69, 9.17) is 4.74 Å². The van der Waals surface area contributed by atoms with Crippen molar-refractivity contribution >= 4 is 38.5 Å². The molecule has 0 radical (unpaired) electrons. The summed E-state index contributed by atoms with van der Waals surface area (Å²) < 4.78 is 46.8. The number of amides is 2. The number of benzene rings is 2. The molecule has 3 N–H and O–H groups in total. The number of nitrogens with one attached hydrogen (secondary N) is 2. The fraction of sp³-hybridized carbons (Fsp3) is 0.368. The predicted molar refractivity (Wildman–Crippen MR) is 106 cm³/mol. The summed E-state index contributed by atoms with van der Waals surface area (Å²) in [4.78, 5) is 23.3. The van der Waals surface area contributed by atoms with Crippen LogP contribution in [0.5, 0.6) is 11.5 Å². The number of phenols is 1.